The van der Waals surface area contributed by atoms with E-state index in [4.69, 9.17) is 10.5 Å². The molecule has 1 aliphatic heterocycles. The van der Waals surface area contributed by atoms with Crippen LogP contribution in [0.3, 0.4) is 0 Å². The summed E-state index contributed by atoms with van der Waals surface area (Å²) in [6, 6.07) is 8.30. The number of ether oxygens (including phenoxy) is 1. The first-order valence-corrected chi connectivity index (χ1v) is 11.7. The van der Waals surface area contributed by atoms with Gasteiger partial charge in [-0.25, -0.2) is 0 Å². The van der Waals surface area contributed by atoms with Crippen LogP contribution in [-0.4, -0.2) is 53.9 Å². The van der Waals surface area contributed by atoms with E-state index in [2.05, 4.69) is 11.8 Å². The van der Waals surface area contributed by atoms with Crippen molar-refractivity contribution >= 4 is 11.8 Å². The molecule has 0 aromatic heterocycles. The topological polar surface area (TPSA) is 75.9 Å². The molecular weight excluding hydrogens is 459 g/mol. The largest absolute Gasteiger partial charge is 0.480 e. The van der Waals surface area contributed by atoms with Gasteiger partial charge in [-0.15, -0.1) is 0 Å². The lowest BCUT2D eigenvalue weighted by Gasteiger charge is -2.39. The van der Waals surface area contributed by atoms with Crippen molar-refractivity contribution in [2.45, 2.75) is 52.4 Å². The van der Waals surface area contributed by atoms with Gasteiger partial charge < -0.3 is 15.4 Å². The molecule has 1 aliphatic rings. The van der Waals surface area contributed by atoms with Crippen LogP contribution in [0.5, 0.6) is 5.75 Å². The number of nitrogens with two attached hydrogens (primary N) is 1. The molecule has 1 heterocycles. The summed E-state index contributed by atoms with van der Waals surface area (Å²) in [5, 5.41) is 0. The average molecular weight is 492 g/mol. The zero-order chi connectivity index (χ0) is 25.9. The van der Waals surface area contributed by atoms with Gasteiger partial charge in [-0.1, -0.05) is 13.0 Å². The van der Waals surface area contributed by atoms with Gasteiger partial charge in [0, 0.05) is 37.8 Å². The van der Waals surface area contributed by atoms with Gasteiger partial charge in [0.15, 0.2) is 6.10 Å². The first kappa shape index (κ1) is 26.5. The zero-order valence-corrected chi connectivity index (χ0v) is 20.5. The van der Waals surface area contributed by atoms with Gasteiger partial charge in [0.05, 0.1) is 5.56 Å². The minimum Gasteiger partial charge on any atom is -0.480 e. The Bertz CT molecular complexity index is 1060. The quantitative estimate of drug-likeness (QED) is 0.620. The highest BCUT2D eigenvalue weighted by Crippen LogP contribution is 2.32. The molecule has 1 fully saturated rings. The summed E-state index contributed by atoms with van der Waals surface area (Å²) in [7, 11) is 0. The molecule has 2 amide bonds. The standard InChI is InChI=1S/C26H32F3N3O3/c1-5-22(24(30)33)35-23-11-10-21(16(2)17(23)3)18(4)31-12-14-32(15-13-31)25(34)19-6-8-20(9-7-19)26(27,28)29/h6-11,18,22H,5,12-15H2,1-4H3,(H2,30,33). The Morgan fingerprint density at radius 3 is 2.11 bits per heavy atom. The molecule has 0 saturated carbocycles. The fourth-order valence-electron chi connectivity index (χ4n) is 4.39. The summed E-state index contributed by atoms with van der Waals surface area (Å²) >= 11 is 0. The van der Waals surface area contributed by atoms with Gasteiger partial charge in [0.1, 0.15) is 5.75 Å². The van der Waals surface area contributed by atoms with E-state index in [0.29, 0.717) is 38.3 Å². The highest BCUT2D eigenvalue weighted by atomic mass is 19.4. The maximum Gasteiger partial charge on any atom is 0.416 e. The van der Waals surface area contributed by atoms with Crippen molar-refractivity contribution in [1.82, 2.24) is 9.80 Å². The molecule has 0 radical (unpaired) electrons. The zero-order valence-electron chi connectivity index (χ0n) is 20.5. The van der Waals surface area contributed by atoms with Crippen LogP contribution < -0.4 is 10.5 Å². The SMILES string of the molecule is CCC(Oc1ccc(C(C)N2CCN(C(=O)c3ccc(C(F)(F)F)cc3)CC2)c(C)c1C)C(N)=O. The Kier molecular flexibility index (Phi) is 8.10. The van der Waals surface area contributed by atoms with Gasteiger partial charge in [0.25, 0.3) is 11.8 Å². The summed E-state index contributed by atoms with van der Waals surface area (Å²) in [6.45, 7) is 10.2. The van der Waals surface area contributed by atoms with Gasteiger partial charge in [0.2, 0.25) is 0 Å². The van der Waals surface area contributed by atoms with E-state index in [-0.39, 0.29) is 17.5 Å². The molecule has 3 rings (SSSR count). The molecule has 1 saturated heterocycles. The number of amides is 2. The van der Waals surface area contributed by atoms with E-state index >= 15 is 0 Å². The monoisotopic (exact) mass is 491 g/mol. The number of hydrogen-bond donors (Lipinski definition) is 1. The third-order valence-corrected chi connectivity index (χ3v) is 6.80. The molecule has 0 spiro atoms. The first-order valence-electron chi connectivity index (χ1n) is 11.7. The Balaban J connectivity index is 1.64. The van der Waals surface area contributed by atoms with Crippen molar-refractivity contribution in [2.75, 3.05) is 26.2 Å². The van der Waals surface area contributed by atoms with E-state index in [1.807, 2.05) is 32.9 Å². The number of alkyl halides is 3. The average Bonchev–Trinajstić information content (AvgIpc) is 2.83. The van der Waals surface area contributed by atoms with Crippen LogP contribution in [-0.2, 0) is 11.0 Å². The van der Waals surface area contributed by atoms with Crippen LogP contribution in [0, 0.1) is 13.8 Å². The number of rotatable bonds is 7. The van der Waals surface area contributed by atoms with Gasteiger partial charge >= 0.3 is 6.18 Å². The molecule has 2 atom stereocenters. The maximum atomic E-state index is 12.8. The number of primary amides is 1. The summed E-state index contributed by atoms with van der Waals surface area (Å²) in [5.74, 6) is -0.124. The van der Waals surface area contributed by atoms with Crippen molar-refractivity contribution in [1.29, 1.82) is 0 Å². The molecule has 0 aliphatic carbocycles. The summed E-state index contributed by atoms with van der Waals surface area (Å²) in [6.07, 6.45) is -4.61. The Hall–Kier alpha value is -3.07. The van der Waals surface area contributed by atoms with Gasteiger partial charge in [-0.05, 0) is 74.2 Å². The second-order valence-electron chi connectivity index (χ2n) is 8.90. The van der Waals surface area contributed by atoms with Crippen LogP contribution in [0.1, 0.15) is 58.9 Å². The van der Waals surface area contributed by atoms with E-state index in [9.17, 15) is 22.8 Å². The van der Waals surface area contributed by atoms with Crippen molar-refractivity contribution < 1.29 is 27.5 Å². The second kappa shape index (κ2) is 10.7. The van der Waals surface area contributed by atoms with Crippen LogP contribution in [0.2, 0.25) is 0 Å². The smallest absolute Gasteiger partial charge is 0.416 e. The fourth-order valence-corrected chi connectivity index (χ4v) is 4.39. The lowest BCUT2D eigenvalue weighted by Crippen LogP contribution is -2.49. The Labute approximate surface area is 203 Å². The molecular formula is C26H32F3N3O3. The summed E-state index contributed by atoms with van der Waals surface area (Å²) < 4.78 is 44.2. The molecule has 35 heavy (non-hydrogen) atoms. The number of piperazine rings is 1. The molecule has 2 aromatic rings. The van der Waals surface area contributed by atoms with Crippen molar-refractivity contribution in [3.63, 3.8) is 0 Å². The fraction of sp³-hybridized carbons (Fsp3) is 0.462. The Morgan fingerprint density at radius 2 is 1.60 bits per heavy atom. The van der Waals surface area contributed by atoms with E-state index in [0.717, 1.165) is 28.8 Å². The van der Waals surface area contributed by atoms with Crippen LogP contribution in [0.25, 0.3) is 0 Å². The third kappa shape index (κ3) is 5.96. The molecule has 9 heteroatoms. The highest BCUT2D eigenvalue weighted by Gasteiger charge is 2.31. The number of hydrogen-bond acceptors (Lipinski definition) is 4. The molecule has 2 aromatic carbocycles. The molecule has 190 valence electrons. The van der Waals surface area contributed by atoms with Crippen LogP contribution in [0.15, 0.2) is 36.4 Å². The highest BCUT2D eigenvalue weighted by molar-refractivity contribution is 5.94. The van der Waals surface area contributed by atoms with Crippen LogP contribution in [0.4, 0.5) is 13.2 Å². The maximum absolute atomic E-state index is 12.8. The van der Waals surface area contributed by atoms with Gasteiger partial charge in [-0.2, -0.15) is 13.2 Å². The first-order chi connectivity index (χ1) is 16.4. The summed E-state index contributed by atoms with van der Waals surface area (Å²) in [4.78, 5) is 28.3. The summed E-state index contributed by atoms with van der Waals surface area (Å²) in [5.41, 5.74) is 8.04. The molecule has 6 nitrogen and oxygen atoms in total. The van der Waals surface area contributed by atoms with E-state index in [1.165, 1.54) is 12.1 Å². The second-order valence-corrected chi connectivity index (χ2v) is 8.90. The molecule has 2 N–H and O–H groups in total. The van der Waals surface area contributed by atoms with E-state index < -0.39 is 23.8 Å². The molecule has 2 unspecified atom stereocenters. The number of nitrogens with zero attached hydrogens (tertiary/aromatic N) is 2. The number of carbonyl (C=O) groups excluding carboxylic acids is 2. The lowest BCUT2D eigenvalue weighted by molar-refractivity contribution is -0.137. The van der Waals surface area contributed by atoms with Crippen molar-refractivity contribution in [2.24, 2.45) is 5.73 Å². The third-order valence-electron chi connectivity index (χ3n) is 6.80. The molecule has 0 bridgehead atoms. The predicted molar refractivity (Wildman–Crippen MR) is 127 cm³/mol. The minimum absolute atomic E-state index is 0.0872. The predicted octanol–water partition coefficient (Wildman–Crippen LogP) is 4.48. The van der Waals surface area contributed by atoms with Crippen molar-refractivity contribution in [3.8, 4) is 5.75 Å². The van der Waals surface area contributed by atoms with E-state index in [1.54, 1.807) is 4.90 Å². The minimum atomic E-state index is -4.43. The number of halogens is 3. The van der Waals surface area contributed by atoms with Crippen molar-refractivity contribution in [3.05, 3.63) is 64.2 Å². The van der Waals surface area contributed by atoms with Gasteiger partial charge in [-0.3, -0.25) is 14.5 Å². The lowest BCUT2D eigenvalue weighted by atomic mass is 9.96. The number of carbonyl (C=O) groups is 2. The normalized spacial score (nSPS) is 16.6. The van der Waals surface area contributed by atoms with Crippen LogP contribution >= 0.6 is 0 Å². The Morgan fingerprint density at radius 1 is 1.00 bits per heavy atom. The number of benzene rings is 2.